The summed E-state index contributed by atoms with van der Waals surface area (Å²) in [6.45, 7) is 5.42. The smallest absolute Gasteiger partial charge is 0.230 e. The van der Waals surface area contributed by atoms with Crippen molar-refractivity contribution in [2.24, 2.45) is 0 Å². The maximum absolute atomic E-state index is 13.0. The van der Waals surface area contributed by atoms with Crippen molar-refractivity contribution < 1.29 is 13.6 Å². The number of hydrogen-bond acceptors (Lipinski definition) is 4. The summed E-state index contributed by atoms with van der Waals surface area (Å²) < 4.78 is 25.8. The first-order valence-corrected chi connectivity index (χ1v) is 7.91. The first-order chi connectivity index (χ1) is 10.1. The number of nitrogens with zero attached hydrogens (tertiary/aromatic N) is 1. The number of carbonyl (C=O) groups excluding carboxylic acids is 1. The van der Waals surface area contributed by atoms with Gasteiger partial charge in [-0.1, -0.05) is 0 Å². The highest BCUT2D eigenvalue weighted by atomic mass is 32.2. The summed E-state index contributed by atoms with van der Waals surface area (Å²) in [4.78, 5) is 14.5. The van der Waals surface area contributed by atoms with Gasteiger partial charge in [0.05, 0.1) is 5.75 Å². The summed E-state index contributed by atoms with van der Waals surface area (Å²) >= 11 is 1.20. The van der Waals surface area contributed by atoms with Gasteiger partial charge in [0, 0.05) is 44.2 Å². The van der Waals surface area contributed by atoms with Gasteiger partial charge in [-0.2, -0.15) is 0 Å². The number of benzene rings is 1. The largest absolute Gasteiger partial charge is 0.354 e. The predicted molar refractivity (Wildman–Crippen MR) is 79.4 cm³/mol. The third-order valence-corrected chi connectivity index (χ3v) is 4.21. The van der Waals surface area contributed by atoms with Crippen LogP contribution in [0.5, 0.6) is 0 Å². The Balaban J connectivity index is 1.63. The molecular formula is C14H19F2N3OS. The van der Waals surface area contributed by atoms with Crippen LogP contribution in [-0.2, 0) is 4.79 Å². The Hall–Kier alpha value is -1.18. The zero-order chi connectivity index (χ0) is 15.1. The van der Waals surface area contributed by atoms with Gasteiger partial charge in [0.25, 0.3) is 0 Å². The lowest BCUT2D eigenvalue weighted by molar-refractivity contribution is -0.118. The van der Waals surface area contributed by atoms with Crippen LogP contribution in [0.2, 0.25) is 0 Å². The van der Waals surface area contributed by atoms with Crippen LogP contribution in [0, 0.1) is 11.6 Å². The van der Waals surface area contributed by atoms with Crippen LogP contribution in [-0.4, -0.2) is 55.8 Å². The standard InChI is InChI=1S/C14H19F2N3OS/c15-12-2-1-11(9-13(12)16)21-10-14(20)18-5-8-19-6-3-17-4-7-19/h1-2,9,17H,3-8,10H2,(H,18,20). The number of carbonyl (C=O) groups is 1. The molecule has 1 aliphatic heterocycles. The summed E-state index contributed by atoms with van der Waals surface area (Å²) in [7, 11) is 0. The number of hydrogen-bond donors (Lipinski definition) is 2. The molecule has 1 fully saturated rings. The molecule has 1 heterocycles. The molecule has 0 bridgehead atoms. The van der Waals surface area contributed by atoms with E-state index in [2.05, 4.69) is 15.5 Å². The molecule has 1 aromatic carbocycles. The van der Waals surface area contributed by atoms with E-state index in [0.717, 1.165) is 44.9 Å². The van der Waals surface area contributed by atoms with Crippen LogP contribution < -0.4 is 10.6 Å². The van der Waals surface area contributed by atoms with E-state index >= 15 is 0 Å². The van der Waals surface area contributed by atoms with Gasteiger partial charge >= 0.3 is 0 Å². The van der Waals surface area contributed by atoms with Crippen molar-refractivity contribution in [3.8, 4) is 0 Å². The van der Waals surface area contributed by atoms with Crippen LogP contribution in [0.15, 0.2) is 23.1 Å². The van der Waals surface area contributed by atoms with Crippen molar-refractivity contribution in [2.75, 3.05) is 45.0 Å². The highest BCUT2D eigenvalue weighted by Gasteiger charge is 2.10. The Kier molecular flexibility index (Phi) is 6.41. The first-order valence-electron chi connectivity index (χ1n) is 6.93. The minimum absolute atomic E-state index is 0.0973. The Morgan fingerprint density at radius 3 is 2.76 bits per heavy atom. The maximum Gasteiger partial charge on any atom is 0.230 e. The van der Waals surface area contributed by atoms with E-state index in [9.17, 15) is 13.6 Å². The zero-order valence-corrected chi connectivity index (χ0v) is 12.5. The molecule has 1 aliphatic rings. The molecule has 0 atom stereocenters. The number of halogens is 2. The van der Waals surface area contributed by atoms with E-state index in [-0.39, 0.29) is 11.7 Å². The maximum atomic E-state index is 13.0. The SMILES string of the molecule is O=C(CSc1ccc(F)c(F)c1)NCCN1CCNCC1. The molecule has 21 heavy (non-hydrogen) atoms. The van der Waals surface area contributed by atoms with E-state index in [1.807, 2.05) is 0 Å². The van der Waals surface area contributed by atoms with Gasteiger partial charge in [-0.3, -0.25) is 9.69 Å². The number of thioether (sulfide) groups is 1. The van der Waals surface area contributed by atoms with Gasteiger partial charge in [0.2, 0.25) is 5.91 Å². The topological polar surface area (TPSA) is 44.4 Å². The molecule has 0 radical (unpaired) electrons. The molecule has 0 saturated carbocycles. The second-order valence-electron chi connectivity index (χ2n) is 4.81. The van der Waals surface area contributed by atoms with E-state index in [0.29, 0.717) is 11.4 Å². The van der Waals surface area contributed by atoms with Crippen molar-refractivity contribution in [1.82, 2.24) is 15.5 Å². The van der Waals surface area contributed by atoms with Gasteiger partial charge in [0.15, 0.2) is 11.6 Å². The summed E-state index contributed by atoms with van der Waals surface area (Å²) in [6, 6.07) is 3.64. The Morgan fingerprint density at radius 1 is 1.29 bits per heavy atom. The quantitative estimate of drug-likeness (QED) is 0.771. The fraction of sp³-hybridized carbons (Fsp3) is 0.500. The van der Waals surface area contributed by atoms with Crippen LogP contribution in [0.3, 0.4) is 0 Å². The lowest BCUT2D eigenvalue weighted by Crippen LogP contribution is -2.46. The minimum Gasteiger partial charge on any atom is -0.354 e. The average Bonchev–Trinajstić information content (AvgIpc) is 2.49. The predicted octanol–water partition coefficient (Wildman–Crippen LogP) is 1.08. The average molecular weight is 315 g/mol. The van der Waals surface area contributed by atoms with Gasteiger partial charge in [-0.05, 0) is 18.2 Å². The summed E-state index contributed by atoms with van der Waals surface area (Å²) in [5.41, 5.74) is 0. The van der Waals surface area contributed by atoms with Crippen LogP contribution in [0.25, 0.3) is 0 Å². The van der Waals surface area contributed by atoms with Gasteiger partial charge in [-0.25, -0.2) is 8.78 Å². The van der Waals surface area contributed by atoms with Gasteiger partial charge in [-0.15, -0.1) is 11.8 Å². The molecule has 4 nitrogen and oxygen atoms in total. The van der Waals surface area contributed by atoms with Gasteiger partial charge in [0.1, 0.15) is 0 Å². The number of rotatable bonds is 6. The number of piperazine rings is 1. The normalized spacial score (nSPS) is 15.9. The van der Waals surface area contributed by atoms with Crippen LogP contribution in [0.1, 0.15) is 0 Å². The third kappa shape index (κ3) is 5.61. The Bertz CT molecular complexity index is 481. The van der Waals surface area contributed by atoms with E-state index in [4.69, 9.17) is 0 Å². The molecule has 0 aliphatic carbocycles. The fourth-order valence-electron chi connectivity index (χ4n) is 2.05. The molecule has 1 aromatic rings. The Labute approximate surface area is 127 Å². The lowest BCUT2D eigenvalue weighted by atomic mass is 10.3. The molecule has 1 amide bonds. The minimum atomic E-state index is -0.890. The first kappa shape index (κ1) is 16.2. The van der Waals surface area contributed by atoms with Crippen molar-refractivity contribution in [2.45, 2.75) is 4.90 Å². The molecule has 1 saturated heterocycles. The molecule has 0 aromatic heterocycles. The number of amides is 1. The van der Waals surface area contributed by atoms with E-state index in [1.165, 1.54) is 17.8 Å². The molecule has 7 heteroatoms. The molecule has 0 unspecified atom stereocenters. The fourth-order valence-corrected chi connectivity index (χ4v) is 2.81. The molecule has 0 spiro atoms. The van der Waals surface area contributed by atoms with Gasteiger partial charge < -0.3 is 10.6 Å². The lowest BCUT2D eigenvalue weighted by Gasteiger charge is -2.27. The molecular weight excluding hydrogens is 296 g/mol. The summed E-state index contributed by atoms with van der Waals surface area (Å²) in [5, 5.41) is 6.11. The van der Waals surface area contributed by atoms with Crippen molar-refractivity contribution in [3.05, 3.63) is 29.8 Å². The molecule has 2 rings (SSSR count). The zero-order valence-electron chi connectivity index (χ0n) is 11.7. The highest BCUT2D eigenvalue weighted by Crippen LogP contribution is 2.19. The second kappa shape index (κ2) is 8.31. The van der Waals surface area contributed by atoms with Crippen molar-refractivity contribution >= 4 is 17.7 Å². The van der Waals surface area contributed by atoms with Crippen LogP contribution in [0.4, 0.5) is 8.78 Å². The number of nitrogens with one attached hydrogen (secondary N) is 2. The highest BCUT2D eigenvalue weighted by molar-refractivity contribution is 8.00. The molecule has 2 N–H and O–H groups in total. The van der Waals surface area contributed by atoms with Crippen molar-refractivity contribution in [1.29, 1.82) is 0 Å². The Morgan fingerprint density at radius 2 is 2.05 bits per heavy atom. The second-order valence-corrected chi connectivity index (χ2v) is 5.85. The van der Waals surface area contributed by atoms with Crippen molar-refractivity contribution in [3.63, 3.8) is 0 Å². The molecule has 116 valence electrons. The summed E-state index contributed by atoms with van der Waals surface area (Å²) in [5.74, 6) is -1.66. The monoisotopic (exact) mass is 315 g/mol. The van der Waals surface area contributed by atoms with Crippen LogP contribution >= 0.6 is 11.8 Å². The van der Waals surface area contributed by atoms with E-state index < -0.39 is 11.6 Å². The third-order valence-electron chi connectivity index (χ3n) is 3.22. The summed E-state index contributed by atoms with van der Waals surface area (Å²) in [6.07, 6.45) is 0. The van der Waals surface area contributed by atoms with E-state index in [1.54, 1.807) is 0 Å².